The Labute approximate surface area is 262 Å². The molecule has 252 valence electrons. The molecule has 0 aliphatic carbocycles. The van der Waals surface area contributed by atoms with Gasteiger partial charge in [-0.3, -0.25) is 4.79 Å². The standard InChI is InChI=1S/C37H75NO4/c1-3-5-7-9-11-13-15-17-18-20-22-24-26-28-30-32-34(40)36(41)35(37(38)42)33(39)31-29-27-25-23-21-19-16-14-12-10-8-6-4-2/h33-35,37,39-40,42H,3-32,38H2,1-2H3/t33-,34?,35-,37?/m1/s1. The molecule has 5 nitrogen and oxygen atoms in total. The first-order valence-electron chi connectivity index (χ1n) is 18.8. The maximum absolute atomic E-state index is 12.8. The van der Waals surface area contributed by atoms with Crippen LogP contribution < -0.4 is 5.73 Å². The molecule has 4 atom stereocenters. The number of ketones is 1. The highest BCUT2D eigenvalue weighted by molar-refractivity contribution is 5.86. The van der Waals surface area contributed by atoms with E-state index in [9.17, 15) is 20.1 Å². The van der Waals surface area contributed by atoms with Crippen molar-refractivity contribution in [3.05, 3.63) is 0 Å². The van der Waals surface area contributed by atoms with Crippen LogP contribution in [-0.2, 0) is 4.79 Å². The third-order valence-corrected chi connectivity index (χ3v) is 9.12. The van der Waals surface area contributed by atoms with Gasteiger partial charge in [0, 0.05) is 0 Å². The van der Waals surface area contributed by atoms with Crippen molar-refractivity contribution in [3.63, 3.8) is 0 Å². The fourth-order valence-electron chi connectivity index (χ4n) is 6.21. The first kappa shape index (κ1) is 41.5. The van der Waals surface area contributed by atoms with Crippen LogP contribution in [0.5, 0.6) is 0 Å². The monoisotopic (exact) mass is 598 g/mol. The van der Waals surface area contributed by atoms with E-state index in [2.05, 4.69) is 13.8 Å². The molecule has 5 N–H and O–H groups in total. The van der Waals surface area contributed by atoms with Crippen LogP contribution >= 0.6 is 0 Å². The van der Waals surface area contributed by atoms with Crippen LogP contribution in [0.25, 0.3) is 0 Å². The van der Waals surface area contributed by atoms with Crippen LogP contribution in [0.15, 0.2) is 0 Å². The summed E-state index contributed by atoms with van der Waals surface area (Å²) in [5, 5.41) is 31.0. The van der Waals surface area contributed by atoms with Gasteiger partial charge in [-0.2, -0.15) is 0 Å². The maximum Gasteiger partial charge on any atom is 0.170 e. The SMILES string of the molecule is CCCCCCCCCCCCCCCCCC(O)C(=O)[C@H](C(N)O)[C@H](O)CCCCCCCCCCCCCCC. The van der Waals surface area contributed by atoms with Crippen molar-refractivity contribution in [1.82, 2.24) is 0 Å². The third kappa shape index (κ3) is 26.0. The van der Waals surface area contributed by atoms with E-state index >= 15 is 0 Å². The van der Waals surface area contributed by atoms with Gasteiger partial charge in [-0.1, -0.05) is 194 Å². The van der Waals surface area contributed by atoms with Gasteiger partial charge in [-0.05, 0) is 12.8 Å². The highest BCUT2D eigenvalue weighted by Gasteiger charge is 2.34. The Bertz CT molecular complexity index is 556. The van der Waals surface area contributed by atoms with Gasteiger partial charge in [0.25, 0.3) is 0 Å². The molecule has 0 radical (unpaired) electrons. The van der Waals surface area contributed by atoms with E-state index in [-0.39, 0.29) is 0 Å². The summed E-state index contributed by atoms with van der Waals surface area (Å²) >= 11 is 0. The second-order valence-corrected chi connectivity index (χ2v) is 13.3. The van der Waals surface area contributed by atoms with E-state index < -0.39 is 30.1 Å². The summed E-state index contributed by atoms with van der Waals surface area (Å²) in [4.78, 5) is 12.8. The van der Waals surface area contributed by atoms with Gasteiger partial charge in [0.1, 0.15) is 12.3 Å². The van der Waals surface area contributed by atoms with E-state index in [1.807, 2.05) is 0 Å². The molecule has 0 heterocycles. The zero-order valence-electron chi connectivity index (χ0n) is 28.3. The molecule has 0 amide bonds. The Morgan fingerprint density at radius 2 is 0.714 bits per heavy atom. The highest BCUT2D eigenvalue weighted by Crippen LogP contribution is 2.21. The molecule has 0 fully saturated rings. The third-order valence-electron chi connectivity index (χ3n) is 9.12. The molecule has 42 heavy (non-hydrogen) atoms. The average molecular weight is 598 g/mol. The molecule has 0 spiro atoms. The molecule has 2 unspecified atom stereocenters. The first-order chi connectivity index (χ1) is 20.5. The predicted octanol–water partition coefficient (Wildman–Crippen LogP) is 9.91. The summed E-state index contributed by atoms with van der Waals surface area (Å²) in [5.74, 6) is -1.61. The lowest BCUT2D eigenvalue weighted by Crippen LogP contribution is -2.47. The first-order valence-corrected chi connectivity index (χ1v) is 18.8. The van der Waals surface area contributed by atoms with Gasteiger partial charge in [0.15, 0.2) is 5.78 Å². The molecule has 0 bridgehead atoms. The van der Waals surface area contributed by atoms with Crippen molar-refractivity contribution in [2.45, 2.75) is 225 Å². The Morgan fingerprint density at radius 1 is 0.452 bits per heavy atom. The molecule has 0 aromatic heterocycles. The van der Waals surface area contributed by atoms with Gasteiger partial charge in [-0.15, -0.1) is 0 Å². The topological polar surface area (TPSA) is 104 Å². The van der Waals surface area contributed by atoms with Crippen molar-refractivity contribution in [3.8, 4) is 0 Å². The predicted molar refractivity (Wildman–Crippen MR) is 181 cm³/mol. The number of carbonyl (C=O) groups is 1. The summed E-state index contributed by atoms with van der Waals surface area (Å²) in [6.07, 6.45) is 32.6. The second-order valence-electron chi connectivity index (χ2n) is 13.3. The van der Waals surface area contributed by atoms with Gasteiger partial charge in [0.2, 0.25) is 0 Å². The fourth-order valence-corrected chi connectivity index (χ4v) is 6.21. The zero-order chi connectivity index (χ0) is 31.1. The maximum atomic E-state index is 12.8. The van der Waals surface area contributed by atoms with Crippen molar-refractivity contribution < 1.29 is 20.1 Å². The minimum absolute atomic E-state index is 0.381. The van der Waals surface area contributed by atoms with E-state index in [0.717, 1.165) is 38.5 Å². The van der Waals surface area contributed by atoms with Crippen LogP contribution in [-0.4, -0.2) is 39.5 Å². The Balaban J connectivity index is 3.80. The largest absolute Gasteiger partial charge is 0.392 e. The number of rotatable bonds is 34. The molecule has 0 saturated heterocycles. The van der Waals surface area contributed by atoms with Crippen molar-refractivity contribution in [2.24, 2.45) is 11.7 Å². The van der Waals surface area contributed by atoms with Crippen LogP contribution in [0.3, 0.4) is 0 Å². The van der Waals surface area contributed by atoms with Crippen molar-refractivity contribution in [2.75, 3.05) is 0 Å². The number of unbranched alkanes of at least 4 members (excludes halogenated alkanes) is 26. The summed E-state index contributed by atoms with van der Waals surface area (Å²) in [5.41, 5.74) is 5.67. The molecule has 0 rings (SSSR count). The van der Waals surface area contributed by atoms with Crippen LogP contribution in [0.2, 0.25) is 0 Å². The van der Waals surface area contributed by atoms with E-state index in [1.54, 1.807) is 0 Å². The molecule has 0 aromatic carbocycles. The minimum atomic E-state index is -1.44. The quantitative estimate of drug-likeness (QED) is 0.0436. The zero-order valence-corrected chi connectivity index (χ0v) is 28.3. The summed E-state index contributed by atoms with van der Waals surface area (Å²) in [6.45, 7) is 4.52. The lowest BCUT2D eigenvalue weighted by atomic mass is 9.87. The smallest absolute Gasteiger partial charge is 0.170 e. The lowest BCUT2D eigenvalue weighted by molar-refractivity contribution is -0.140. The summed E-state index contributed by atoms with van der Waals surface area (Å²) < 4.78 is 0. The number of hydrogen-bond acceptors (Lipinski definition) is 5. The summed E-state index contributed by atoms with van der Waals surface area (Å²) in [7, 11) is 0. The number of nitrogens with two attached hydrogens (primary N) is 1. The highest BCUT2D eigenvalue weighted by atomic mass is 16.3. The van der Waals surface area contributed by atoms with Gasteiger partial charge in [0.05, 0.1) is 12.0 Å². The van der Waals surface area contributed by atoms with Crippen LogP contribution in [0, 0.1) is 5.92 Å². The summed E-state index contributed by atoms with van der Waals surface area (Å²) in [6, 6.07) is 0. The number of carbonyl (C=O) groups excluding carboxylic acids is 1. The van der Waals surface area contributed by atoms with Crippen LogP contribution in [0.4, 0.5) is 0 Å². The second kappa shape index (κ2) is 31.9. The lowest BCUT2D eigenvalue weighted by Gasteiger charge is -2.26. The van der Waals surface area contributed by atoms with Crippen molar-refractivity contribution >= 4 is 5.78 Å². The van der Waals surface area contributed by atoms with Gasteiger partial charge < -0.3 is 21.1 Å². The van der Waals surface area contributed by atoms with Crippen molar-refractivity contribution in [1.29, 1.82) is 0 Å². The van der Waals surface area contributed by atoms with E-state index in [1.165, 1.54) is 141 Å². The molecule has 0 aromatic rings. The molecule has 0 saturated carbocycles. The Morgan fingerprint density at radius 3 is 1.00 bits per heavy atom. The molecule has 0 aliphatic heterocycles. The molecule has 0 aliphatic rings. The molecule has 5 heteroatoms. The van der Waals surface area contributed by atoms with Gasteiger partial charge >= 0.3 is 0 Å². The molecular weight excluding hydrogens is 522 g/mol. The Kier molecular flexibility index (Phi) is 31.5. The van der Waals surface area contributed by atoms with E-state index in [4.69, 9.17) is 5.73 Å². The normalized spacial score (nSPS) is 14.6. The van der Waals surface area contributed by atoms with Gasteiger partial charge in [-0.25, -0.2) is 0 Å². The molecular formula is C37H75NO4. The number of aliphatic hydroxyl groups is 3. The number of hydrogen-bond donors (Lipinski definition) is 4. The fraction of sp³-hybridized carbons (Fsp3) is 0.973. The number of aliphatic hydroxyl groups excluding tert-OH is 3. The van der Waals surface area contributed by atoms with Crippen LogP contribution in [0.1, 0.15) is 206 Å². The Hall–Kier alpha value is -0.490. The average Bonchev–Trinajstić information content (AvgIpc) is 2.97. The number of Topliss-reactive ketones (excluding diaryl/α,β-unsaturated/α-hetero) is 1. The minimum Gasteiger partial charge on any atom is -0.392 e. The van der Waals surface area contributed by atoms with E-state index in [0.29, 0.717) is 12.8 Å².